The van der Waals surface area contributed by atoms with Crippen LogP contribution < -0.4 is 4.57 Å². The van der Waals surface area contributed by atoms with E-state index in [1.165, 1.54) is 25.7 Å². The van der Waals surface area contributed by atoms with E-state index in [0.717, 1.165) is 19.4 Å². The SMILES string of the molecule is C=C(C)C(=O)OCCCCCCCC[n+]1cc[nH]c1. The number of aromatic amines is 1. The van der Waals surface area contributed by atoms with Crippen molar-refractivity contribution >= 4 is 5.97 Å². The van der Waals surface area contributed by atoms with Crippen molar-refractivity contribution in [3.8, 4) is 0 Å². The maximum absolute atomic E-state index is 11.1. The Balaban J connectivity index is 1.84. The molecule has 19 heavy (non-hydrogen) atoms. The fourth-order valence-electron chi connectivity index (χ4n) is 1.85. The number of nitrogens with zero attached hydrogens (tertiary/aromatic N) is 1. The van der Waals surface area contributed by atoms with Crippen LogP contribution in [0.2, 0.25) is 0 Å². The first kappa shape index (κ1) is 15.5. The van der Waals surface area contributed by atoms with Gasteiger partial charge in [-0.25, -0.2) is 9.36 Å². The predicted molar refractivity (Wildman–Crippen MR) is 74.5 cm³/mol. The number of ether oxygens (including phenoxy) is 1. The van der Waals surface area contributed by atoms with E-state index in [4.69, 9.17) is 4.74 Å². The van der Waals surface area contributed by atoms with Crippen molar-refractivity contribution in [3.05, 3.63) is 30.9 Å². The molecule has 4 heteroatoms. The summed E-state index contributed by atoms with van der Waals surface area (Å²) in [5.41, 5.74) is 0.474. The van der Waals surface area contributed by atoms with Gasteiger partial charge in [0.15, 0.2) is 0 Å². The fraction of sp³-hybridized carbons (Fsp3) is 0.600. The standard InChI is InChI=1S/C15H24N2O2/c1-14(2)15(18)19-12-8-6-4-3-5-7-10-17-11-9-16-13-17/h9,11,13H,1,3-8,10,12H2,2H3/p+1. The minimum Gasteiger partial charge on any atom is -0.462 e. The van der Waals surface area contributed by atoms with Gasteiger partial charge < -0.3 is 4.74 Å². The van der Waals surface area contributed by atoms with E-state index in [1.54, 1.807) is 6.92 Å². The summed E-state index contributed by atoms with van der Waals surface area (Å²) in [4.78, 5) is 14.1. The Morgan fingerprint density at radius 2 is 1.89 bits per heavy atom. The summed E-state index contributed by atoms with van der Waals surface area (Å²) in [7, 11) is 0. The molecule has 0 radical (unpaired) electrons. The van der Waals surface area contributed by atoms with Crippen LogP contribution in [-0.4, -0.2) is 17.6 Å². The Labute approximate surface area is 115 Å². The highest BCUT2D eigenvalue weighted by Crippen LogP contribution is 2.06. The zero-order valence-electron chi connectivity index (χ0n) is 11.9. The van der Waals surface area contributed by atoms with Crippen LogP contribution in [0.4, 0.5) is 0 Å². The number of imidazole rings is 1. The van der Waals surface area contributed by atoms with Gasteiger partial charge in [-0.2, -0.15) is 0 Å². The average molecular weight is 265 g/mol. The zero-order chi connectivity index (χ0) is 13.9. The molecule has 1 rings (SSSR count). The normalized spacial score (nSPS) is 10.4. The van der Waals surface area contributed by atoms with Crippen LogP contribution in [0.25, 0.3) is 0 Å². The molecule has 0 saturated carbocycles. The third kappa shape index (κ3) is 7.44. The third-order valence-corrected chi connectivity index (χ3v) is 2.99. The molecular formula is C15H25N2O2+. The van der Waals surface area contributed by atoms with Gasteiger partial charge in [-0.15, -0.1) is 0 Å². The Morgan fingerprint density at radius 3 is 2.53 bits per heavy atom. The molecule has 0 amide bonds. The van der Waals surface area contributed by atoms with E-state index in [9.17, 15) is 4.79 Å². The monoisotopic (exact) mass is 265 g/mol. The Hall–Kier alpha value is -1.58. The highest BCUT2D eigenvalue weighted by atomic mass is 16.5. The third-order valence-electron chi connectivity index (χ3n) is 2.99. The highest BCUT2D eigenvalue weighted by Gasteiger charge is 2.01. The quantitative estimate of drug-likeness (QED) is 0.306. The summed E-state index contributed by atoms with van der Waals surface area (Å²) in [6.07, 6.45) is 13.0. The topological polar surface area (TPSA) is 46.0 Å². The summed E-state index contributed by atoms with van der Waals surface area (Å²) < 4.78 is 7.20. The van der Waals surface area contributed by atoms with E-state index in [-0.39, 0.29) is 5.97 Å². The number of H-pyrrole nitrogens is 1. The molecule has 1 aromatic heterocycles. The van der Waals surface area contributed by atoms with Crippen LogP contribution in [-0.2, 0) is 16.1 Å². The highest BCUT2D eigenvalue weighted by molar-refractivity contribution is 5.86. The van der Waals surface area contributed by atoms with Gasteiger partial charge in [0.25, 0.3) is 0 Å². The maximum atomic E-state index is 11.1. The fourth-order valence-corrected chi connectivity index (χ4v) is 1.85. The molecule has 0 atom stereocenters. The number of rotatable bonds is 10. The van der Waals surface area contributed by atoms with Crippen molar-refractivity contribution in [2.45, 2.75) is 52.0 Å². The summed E-state index contributed by atoms with van der Waals surface area (Å²) in [5.74, 6) is -0.275. The number of carbonyl (C=O) groups excluding carboxylic acids is 1. The lowest BCUT2D eigenvalue weighted by Gasteiger charge is -2.04. The second-order valence-corrected chi connectivity index (χ2v) is 4.89. The van der Waals surface area contributed by atoms with Crippen molar-refractivity contribution < 1.29 is 14.1 Å². The number of hydrogen-bond acceptors (Lipinski definition) is 2. The molecular weight excluding hydrogens is 240 g/mol. The molecule has 0 spiro atoms. The van der Waals surface area contributed by atoms with E-state index in [2.05, 4.69) is 22.3 Å². The molecule has 0 bridgehead atoms. The molecule has 106 valence electrons. The molecule has 1 aromatic rings. The van der Waals surface area contributed by atoms with Gasteiger partial charge in [0, 0.05) is 5.57 Å². The minimum atomic E-state index is -0.275. The van der Waals surface area contributed by atoms with Crippen LogP contribution in [0.3, 0.4) is 0 Å². The van der Waals surface area contributed by atoms with Crippen LogP contribution in [0, 0.1) is 0 Å². The molecule has 1 heterocycles. The number of esters is 1. The van der Waals surface area contributed by atoms with Crippen molar-refractivity contribution in [2.24, 2.45) is 0 Å². The van der Waals surface area contributed by atoms with Crippen molar-refractivity contribution in [2.75, 3.05) is 6.61 Å². The van der Waals surface area contributed by atoms with Gasteiger partial charge in [0.05, 0.1) is 13.2 Å². The summed E-state index contributed by atoms with van der Waals surface area (Å²) >= 11 is 0. The van der Waals surface area contributed by atoms with E-state index in [0.29, 0.717) is 12.2 Å². The lowest BCUT2D eigenvalue weighted by atomic mass is 10.1. The molecule has 0 aliphatic carbocycles. The Kier molecular flexibility index (Phi) is 7.63. The number of unbranched alkanes of at least 4 members (excludes halogenated alkanes) is 5. The van der Waals surface area contributed by atoms with E-state index in [1.807, 2.05) is 12.5 Å². The lowest BCUT2D eigenvalue weighted by molar-refractivity contribution is -0.696. The first-order valence-electron chi connectivity index (χ1n) is 7.04. The molecule has 1 N–H and O–H groups in total. The number of hydrogen-bond donors (Lipinski definition) is 1. The smallest absolute Gasteiger partial charge is 0.333 e. The van der Waals surface area contributed by atoms with Crippen molar-refractivity contribution in [3.63, 3.8) is 0 Å². The van der Waals surface area contributed by atoms with Crippen LogP contribution in [0.15, 0.2) is 30.9 Å². The van der Waals surface area contributed by atoms with Gasteiger partial charge in [0.1, 0.15) is 12.4 Å². The van der Waals surface area contributed by atoms with Crippen LogP contribution >= 0.6 is 0 Å². The lowest BCUT2D eigenvalue weighted by Crippen LogP contribution is -2.30. The second kappa shape index (κ2) is 9.36. The predicted octanol–water partition coefficient (Wildman–Crippen LogP) is 2.76. The summed E-state index contributed by atoms with van der Waals surface area (Å²) in [5, 5.41) is 0. The number of carbonyl (C=O) groups is 1. The van der Waals surface area contributed by atoms with Gasteiger partial charge in [-0.05, 0) is 26.2 Å². The van der Waals surface area contributed by atoms with E-state index >= 15 is 0 Å². The van der Waals surface area contributed by atoms with Crippen molar-refractivity contribution in [1.82, 2.24) is 4.98 Å². The van der Waals surface area contributed by atoms with Gasteiger partial charge in [0.2, 0.25) is 6.33 Å². The molecule has 0 aromatic carbocycles. The minimum absolute atomic E-state index is 0.275. The Bertz CT molecular complexity index is 372. The van der Waals surface area contributed by atoms with Crippen LogP contribution in [0.1, 0.15) is 45.4 Å². The molecule has 0 aliphatic rings. The Morgan fingerprint density at radius 1 is 1.21 bits per heavy atom. The zero-order valence-corrected chi connectivity index (χ0v) is 11.9. The van der Waals surface area contributed by atoms with Gasteiger partial charge in [-0.1, -0.05) is 25.8 Å². The molecule has 4 nitrogen and oxygen atoms in total. The van der Waals surface area contributed by atoms with E-state index < -0.39 is 0 Å². The number of aryl methyl sites for hydroxylation is 1. The van der Waals surface area contributed by atoms with Gasteiger partial charge in [-0.3, -0.25) is 4.98 Å². The largest absolute Gasteiger partial charge is 0.462 e. The molecule has 0 fully saturated rings. The number of aromatic nitrogens is 2. The first-order chi connectivity index (χ1) is 9.20. The number of nitrogens with one attached hydrogen (secondary N) is 1. The van der Waals surface area contributed by atoms with Crippen LogP contribution in [0.5, 0.6) is 0 Å². The van der Waals surface area contributed by atoms with Crippen molar-refractivity contribution in [1.29, 1.82) is 0 Å². The molecule has 0 aliphatic heterocycles. The summed E-state index contributed by atoms with van der Waals surface area (Å²) in [6, 6.07) is 0. The summed E-state index contributed by atoms with van der Waals surface area (Å²) in [6.45, 7) is 6.82. The maximum Gasteiger partial charge on any atom is 0.333 e. The molecule has 0 saturated heterocycles. The van der Waals surface area contributed by atoms with Gasteiger partial charge >= 0.3 is 5.97 Å². The molecule has 0 unspecified atom stereocenters. The average Bonchev–Trinajstić information content (AvgIpc) is 2.89. The second-order valence-electron chi connectivity index (χ2n) is 4.89. The first-order valence-corrected chi connectivity index (χ1v) is 7.04.